The lowest BCUT2D eigenvalue weighted by Gasteiger charge is -2.17. The fourth-order valence-corrected chi connectivity index (χ4v) is 2.64. The Morgan fingerprint density at radius 2 is 2.09 bits per heavy atom. The van der Waals surface area contributed by atoms with Crippen molar-refractivity contribution in [2.45, 2.75) is 38.7 Å². The SMILES string of the molecule is Cc1nc(N)c2nc(C)c(=O)n(C3C[C@H](O)[C@@H](CO)O3)c2n1. The second-order valence-electron chi connectivity index (χ2n) is 5.32. The summed E-state index contributed by atoms with van der Waals surface area (Å²) in [6, 6.07) is 0. The Hall–Kier alpha value is -2.10. The highest BCUT2D eigenvalue weighted by molar-refractivity contribution is 5.81. The van der Waals surface area contributed by atoms with Crippen molar-refractivity contribution in [3.05, 3.63) is 21.9 Å². The van der Waals surface area contributed by atoms with E-state index in [4.69, 9.17) is 10.5 Å². The van der Waals surface area contributed by atoms with Gasteiger partial charge in [0.15, 0.2) is 11.5 Å². The number of nitrogen functional groups attached to an aromatic ring is 1. The van der Waals surface area contributed by atoms with Crippen LogP contribution in [0.15, 0.2) is 4.79 Å². The van der Waals surface area contributed by atoms with Crippen molar-refractivity contribution in [1.82, 2.24) is 19.5 Å². The number of nitrogens with two attached hydrogens (primary N) is 1. The average molecular weight is 307 g/mol. The van der Waals surface area contributed by atoms with E-state index in [0.29, 0.717) is 11.3 Å². The number of hydrogen-bond acceptors (Lipinski definition) is 8. The van der Waals surface area contributed by atoms with Crippen LogP contribution in [0.5, 0.6) is 0 Å². The van der Waals surface area contributed by atoms with Gasteiger partial charge in [-0.25, -0.2) is 15.0 Å². The molecule has 0 spiro atoms. The van der Waals surface area contributed by atoms with E-state index in [2.05, 4.69) is 15.0 Å². The molecule has 0 aliphatic carbocycles. The lowest BCUT2D eigenvalue weighted by atomic mass is 10.2. The number of hydrogen-bond donors (Lipinski definition) is 3. The van der Waals surface area contributed by atoms with E-state index in [-0.39, 0.29) is 35.7 Å². The van der Waals surface area contributed by atoms with Crippen molar-refractivity contribution in [1.29, 1.82) is 0 Å². The molecule has 22 heavy (non-hydrogen) atoms. The predicted molar refractivity (Wildman–Crippen MR) is 77.1 cm³/mol. The molecular formula is C13H17N5O4. The summed E-state index contributed by atoms with van der Waals surface area (Å²) >= 11 is 0. The van der Waals surface area contributed by atoms with E-state index >= 15 is 0 Å². The molecule has 0 aromatic carbocycles. The number of nitrogens with zero attached hydrogens (tertiary/aromatic N) is 4. The Kier molecular flexibility index (Phi) is 3.55. The van der Waals surface area contributed by atoms with Crippen LogP contribution in [-0.4, -0.2) is 48.5 Å². The Morgan fingerprint density at radius 1 is 1.36 bits per heavy atom. The summed E-state index contributed by atoms with van der Waals surface area (Å²) in [4.78, 5) is 24.9. The molecule has 3 heterocycles. The Labute approximate surface area is 125 Å². The molecule has 0 bridgehead atoms. The summed E-state index contributed by atoms with van der Waals surface area (Å²) in [7, 11) is 0. The first-order valence-corrected chi connectivity index (χ1v) is 6.89. The summed E-state index contributed by atoms with van der Waals surface area (Å²) < 4.78 is 6.89. The number of rotatable bonds is 2. The second kappa shape index (κ2) is 5.27. The number of aliphatic hydroxyl groups is 2. The van der Waals surface area contributed by atoms with E-state index in [1.165, 1.54) is 4.57 Å². The molecule has 0 radical (unpaired) electrons. The molecule has 1 aliphatic heterocycles. The molecule has 2 aromatic heterocycles. The Balaban J connectivity index is 2.24. The molecule has 1 unspecified atom stereocenters. The van der Waals surface area contributed by atoms with E-state index in [1.807, 2.05) is 0 Å². The predicted octanol–water partition coefficient (Wildman–Crippen LogP) is -0.974. The van der Waals surface area contributed by atoms with Crippen molar-refractivity contribution in [2.75, 3.05) is 12.3 Å². The molecule has 9 nitrogen and oxygen atoms in total. The van der Waals surface area contributed by atoms with Crippen molar-refractivity contribution in [2.24, 2.45) is 0 Å². The van der Waals surface area contributed by atoms with Gasteiger partial charge in [0.1, 0.15) is 29.4 Å². The highest BCUT2D eigenvalue weighted by Crippen LogP contribution is 2.29. The molecule has 118 valence electrons. The maximum atomic E-state index is 12.5. The van der Waals surface area contributed by atoms with Gasteiger partial charge in [0.2, 0.25) is 0 Å². The van der Waals surface area contributed by atoms with Gasteiger partial charge in [-0.1, -0.05) is 0 Å². The standard InChI is InChI=1S/C13H17N5O4/c1-5-13(21)18(9-3-7(20)8(4-19)22-9)12-10(15-5)11(14)16-6(2)17-12/h7-9,19-20H,3-4H2,1-2H3,(H2,14,16,17)/t7-,8+,9?/m0/s1. The topological polar surface area (TPSA) is 136 Å². The minimum atomic E-state index is -0.856. The van der Waals surface area contributed by atoms with E-state index < -0.39 is 18.4 Å². The Bertz CT molecular complexity index is 790. The second-order valence-corrected chi connectivity index (χ2v) is 5.32. The maximum absolute atomic E-state index is 12.5. The summed E-state index contributed by atoms with van der Waals surface area (Å²) in [6.07, 6.45) is -2.16. The lowest BCUT2D eigenvalue weighted by molar-refractivity contribution is -0.0442. The zero-order valence-corrected chi connectivity index (χ0v) is 12.2. The Morgan fingerprint density at radius 3 is 2.73 bits per heavy atom. The van der Waals surface area contributed by atoms with Crippen molar-refractivity contribution in [3.63, 3.8) is 0 Å². The number of ether oxygens (including phenoxy) is 1. The summed E-state index contributed by atoms with van der Waals surface area (Å²) in [5.41, 5.74) is 6.30. The summed E-state index contributed by atoms with van der Waals surface area (Å²) in [5, 5.41) is 19.1. The first kappa shape index (κ1) is 14.8. The molecule has 3 rings (SSSR count). The zero-order valence-electron chi connectivity index (χ0n) is 12.2. The third-order valence-electron chi connectivity index (χ3n) is 3.71. The smallest absolute Gasteiger partial charge is 0.275 e. The molecule has 1 saturated heterocycles. The van der Waals surface area contributed by atoms with Crippen LogP contribution in [0.2, 0.25) is 0 Å². The molecule has 0 saturated carbocycles. The first-order chi connectivity index (χ1) is 10.4. The van der Waals surface area contributed by atoms with Gasteiger partial charge < -0.3 is 20.7 Å². The van der Waals surface area contributed by atoms with Gasteiger partial charge in [-0.05, 0) is 13.8 Å². The third-order valence-corrected chi connectivity index (χ3v) is 3.71. The minimum Gasteiger partial charge on any atom is -0.394 e. The van der Waals surface area contributed by atoms with Gasteiger partial charge in [-0.2, -0.15) is 0 Å². The molecule has 1 aliphatic rings. The van der Waals surface area contributed by atoms with Crippen molar-refractivity contribution < 1.29 is 14.9 Å². The van der Waals surface area contributed by atoms with Gasteiger partial charge in [0, 0.05) is 6.42 Å². The van der Waals surface area contributed by atoms with Crippen LogP contribution in [0, 0.1) is 13.8 Å². The van der Waals surface area contributed by atoms with Crippen LogP contribution in [0.4, 0.5) is 5.82 Å². The number of aliphatic hydroxyl groups excluding tert-OH is 2. The molecule has 1 fully saturated rings. The minimum absolute atomic E-state index is 0.173. The van der Waals surface area contributed by atoms with E-state index in [1.54, 1.807) is 13.8 Å². The molecule has 3 atom stereocenters. The van der Waals surface area contributed by atoms with Gasteiger partial charge >= 0.3 is 0 Å². The van der Waals surface area contributed by atoms with Crippen molar-refractivity contribution >= 4 is 17.0 Å². The van der Waals surface area contributed by atoms with Crippen LogP contribution >= 0.6 is 0 Å². The van der Waals surface area contributed by atoms with E-state index in [9.17, 15) is 15.0 Å². The van der Waals surface area contributed by atoms with Crippen LogP contribution < -0.4 is 11.3 Å². The van der Waals surface area contributed by atoms with Crippen LogP contribution in [0.1, 0.15) is 24.2 Å². The highest BCUT2D eigenvalue weighted by Gasteiger charge is 2.36. The van der Waals surface area contributed by atoms with Crippen molar-refractivity contribution in [3.8, 4) is 0 Å². The number of anilines is 1. The van der Waals surface area contributed by atoms with Gasteiger partial charge in [-0.15, -0.1) is 0 Å². The molecule has 4 N–H and O–H groups in total. The lowest BCUT2D eigenvalue weighted by Crippen LogP contribution is -2.30. The number of aryl methyl sites for hydroxylation is 2. The monoisotopic (exact) mass is 307 g/mol. The van der Waals surface area contributed by atoms with Crippen LogP contribution in [-0.2, 0) is 4.74 Å². The van der Waals surface area contributed by atoms with Gasteiger partial charge in [0.05, 0.1) is 12.7 Å². The molecule has 9 heteroatoms. The fourth-order valence-electron chi connectivity index (χ4n) is 2.64. The molecule has 2 aromatic rings. The average Bonchev–Trinajstić information content (AvgIpc) is 2.82. The quantitative estimate of drug-likeness (QED) is 0.644. The molecule has 0 amide bonds. The van der Waals surface area contributed by atoms with Gasteiger partial charge in [0.25, 0.3) is 5.56 Å². The zero-order chi connectivity index (χ0) is 16.0. The first-order valence-electron chi connectivity index (χ1n) is 6.89. The maximum Gasteiger partial charge on any atom is 0.275 e. The van der Waals surface area contributed by atoms with Gasteiger partial charge in [-0.3, -0.25) is 9.36 Å². The number of fused-ring (bicyclic) bond motifs is 1. The largest absolute Gasteiger partial charge is 0.394 e. The molecular weight excluding hydrogens is 290 g/mol. The number of aromatic nitrogens is 4. The summed E-state index contributed by atoms with van der Waals surface area (Å²) in [5.74, 6) is 0.581. The van der Waals surface area contributed by atoms with Crippen LogP contribution in [0.25, 0.3) is 11.2 Å². The van der Waals surface area contributed by atoms with E-state index in [0.717, 1.165) is 0 Å². The highest BCUT2D eigenvalue weighted by atomic mass is 16.5. The van der Waals surface area contributed by atoms with Crippen LogP contribution in [0.3, 0.4) is 0 Å². The summed E-state index contributed by atoms with van der Waals surface area (Å²) in [6.45, 7) is 2.89. The normalized spacial score (nSPS) is 25.0. The fraction of sp³-hybridized carbons (Fsp3) is 0.538. The third kappa shape index (κ3) is 2.23.